The minimum absolute atomic E-state index is 0.0656. The van der Waals surface area contributed by atoms with Crippen molar-refractivity contribution in [2.45, 2.75) is 6.92 Å². The van der Waals surface area contributed by atoms with E-state index in [0.717, 1.165) is 5.56 Å². The molecule has 0 saturated heterocycles. The second-order valence-electron chi connectivity index (χ2n) is 4.07. The molecule has 0 aliphatic heterocycles. The van der Waals surface area contributed by atoms with Crippen molar-refractivity contribution in [1.29, 1.82) is 0 Å². The molecule has 2 aromatic rings. The first-order valence-corrected chi connectivity index (χ1v) is 8.45. The molecule has 0 saturated carbocycles. The van der Waals surface area contributed by atoms with Gasteiger partial charge in [-0.05, 0) is 35.5 Å². The number of hydrogen-bond acceptors (Lipinski definition) is 4. The summed E-state index contributed by atoms with van der Waals surface area (Å²) >= 11 is 0. The van der Waals surface area contributed by atoms with Crippen LogP contribution in [-0.2, 0) is 13.4 Å². The molecule has 7 heteroatoms. The van der Waals surface area contributed by atoms with E-state index in [9.17, 15) is 14.0 Å². The van der Waals surface area contributed by atoms with Gasteiger partial charge in [-0.25, -0.2) is 4.52 Å². The Morgan fingerprint density at radius 2 is 1.65 bits per heavy atom. The highest BCUT2D eigenvalue weighted by Crippen LogP contribution is 2.50. The molecule has 0 heterocycles. The first-order chi connectivity index (χ1) is 9.47. The minimum Gasteiger partial charge on any atom is -0.318 e. The summed E-state index contributed by atoms with van der Waals surface area (Å²) in [6, 6.07) is 14.5. The van der Waals surface area contributed by atoms with Crippen LogP contribution in [0.15, 0.2) is 54.6 Å². The maximum absolute atomic E-state index is 11.9. The van der Waals surface area contributed by atoms with Gasteiger partial charge in [0.1, 0.15) is 0 Å². The number of rotatable bonds is 5. The van der Waals surface area contributed by atoms with Crippen LogP contribution < -0.4 is 9.83 Å². The van der Waals surface area contributed by atoms with Crippen molar-refractivity contribution in [3.05, 3.63) is 60.2 Å². The van der Waals surface area contributed by atoms with Gasteiger partial charge in [-0.15, -0.1) is 0 Å². The van der Waals surface area contributed by atoms with Gasteiger partial charge in [0.05, 0.1) is 5.30 Å². The van der Waals surface area contributed by atoms with Crippen LogP contribution in [0.2, 0.25) is 0 Å². The maximum atomic E-state index is 11.9. The van der Waals surface area contributed by atoms with E-state index in [1.807, 2.05) is 6.92 Å². The zero-order valence-electron chi connectivity index (χ0n) is 10.7. The molecular formula is C13H13O5P2+. The Labute approximate surface area is 117 Å². The largest absolute Gasteiger partial charge is 0.759 e. The van der Waals surface area contributed by atoms with E-state index in [1.54, 1.807) is 42.5 Å². The molecule has 2 aromatic carbocycles. The van der Waals surface area contributed by atoms with Gasteiger partial charge in [-0.1, -0.05) is 35.9 Å². The SMILES string of the molecule is Cc1ccc(O[P+](=O)OP(=O)(O)c2ccccc2)cc1. The summed E-state index contributed by atoms with van der Waals surface area (Å²) in [5.41, 5.74) is 1.02. The molecule has 2 unspecified atom stereocenters. The lowest BCUT2D eigenvalue weighted by atomic mass is 10.2. The van der Waals surface area contributed by atoms with Crippen LogP contribution in [0.5, 0.6) is 5.75 Å². The maximum Gasteiger partial charge on any atom is 0.759 e. The second-order valence-corrected chi connectivity index (χ2v) is 6.91. The fourth-order valence-electron chi connectivity index (χ4n) is 1.46. The lowest BCUT2D eigenvalue weighted by Gasteiger charge is -2.03. The normalized spacial score (nSPS) is 14.4. The summed E-state index contributed by atoms with van der Waals surface area (Å²) in [6.45, 7) is 1.90. The fraction of sp³-hybridized carbons (Fsp3) is 0.0769. The fourth-order valence-corrected chi connectivity index (χ4v) is 3.53. The summed E-state index contributed by atoms with van der Waals surface area (Å²) in [5.74, 6) is 0.310. The van der Waals surface area contributed by atoms with Crippen LogP contribution in [0.4, 0.5) is 0 Å². The average molecular weight is 311 g/mol. The van der Waals surface area contributed by atoms with Crippen molar-refractivity contribution in [3.63, 3.8) is 0 Å². The van der Waals surface area contributed by atoms with Gasteiger partial charge in [0.25, 0.3) is 0 Å². The molecule has 104 valence electrons. The van der Waals surface area contributed by atoms with Crippen molar-refractivity contribution in [2.75, 3.05) is 0 Å². The first-order valence-electron chi connectivity index (χ1n) is 5.77. The van der Waals surface area contributed by atoms with E-state index in [4.69, 9.17) is 4.52 Å². The molecule has 0 fully saturated rings. The molecule has 0 spiro atoms. The quantitative estimate of drug-likeness (QED) is 0.855. The monoisotopic (exact) mass is 311 g/mol. The molecular weight excluding hydrogens is 298 g/mol. The molecule has 0 aliphatic carbocycles. The Balaban J connectivity index is 2.04. The summed E-state index contributed by atoms with van der Waals surface area (Å²) in [5, 5.41) is 0.0656. The highest BCUT2D eigenvalue weighted by Gasteiger charge is 2.38. The van der Waals surface area contributed by atoms with Crippen LogP contribution in [0.3, 0.4) is 0 Å². The Hall–Kier alpha value is -1.51. The third kappa shape index (κ3) is 3.99. The van der Waals surface area contributed by atoms with Crippen molar-refractivity contribution < 1.29 is 22.9 Å². The Morgan fingerprint density at radius 1 is 1.05 bits per heavy atom. The minimum atomic E-state index is -4.16. The Kier molecular flexibility index (Phi) is 4.69. The van der Waals surface area contributed by atoms with Gasteiger partial charge in [-0.3, -0.25) is 4.57 Å². The average Bonchev–Trinajstić information content (AvgIpc) is 2.42. The molecule has 5 nitrogen and oxygen atoms in total. The van der Waals surface area contributed by atoms with E-state index in [-0.39, 0.29) is 5.30 Å². The van der Waals surface area contributed by atoms with Crippen LogP contribution in [0.25, 0.3) is 0 Å². The van der Waals surface area contributed by atoms with E-state index in [1.165, 1.54) is 12.1 Å². The van der Waals surface area contributed by atoms with Gasteiger partial charge in [0, 0.05) is 4.57 Å². The van der Waals surface area contributed by atoms with Crippen LogP contribution in [0.1, 0.15) is 5.56 Å². The van der Waals surface area contributed by atoms with Crippen molar-refractivity contribution in [2.24, 2.45) is 0 Å². The number of benzene rings is 2. The van der Waals surface area contributed by atoms with Crippen molar-refractivity contribution >= 4 is 21.2 Å². The number of aryl methyl sites for hydroxylation is 1. The predicted molar refractivity (Wildman–Crippen MR) is 76.4 cm³/mol. The highest BCUT2D eigenvalue weighted by atomic mass is 31.2. The summed E-state index contributed by atoms with van der Waals surface area (Å²) in [6.07, 6.45) is 0. The molecule has 0 radical (unpaired) electrons. The van der Waals surface area contributed by atoms with Crippen molar-refractivity contribution in [3.8, 4) is 5.75 Å². The molecule has 0 amide bonds. The summed E-state index contributed by atoms with van der Waals surface area (Å²) in [4.78, 5) is 9.75. The van der Waals surface area contributed by atoms with Gasteiger partial charge in [-0.2, -0.15) is 0 Å². The molecule has 0 aliphatic rings. The molecule has 2 rings (SSSR count). The zero-order chi connectivity index (χ0) is 14.6. The molecule has 20 heavy (non-hydrogen) atoms. The van der Waals surface area contributed by atoms with E-state index < -0.39 is 15.9 Å². The summed E-state index contributed by atoms with van der Waals surface area (Å²) < 4.78 is 33.2. The van der Waals surface area contributed by atoms with Gasteiger partial charge in [0.2, 0.25) is 0 Å². The van der Waals surface area contributed by atoms with Crippen LogP contribution in [-0.4, -0.2) is 4.89 Å². The smallest absolute Gasteiger partial charge is 0.318 e. The molecule has 0 aromatic heterocycles. The van der Waals surface area contributed by atoms with Crippen LogP contribution >= 0.6 is 15.9 Å². The standard InChI is InChI=1S/C13H12O5P2/c1-11-7-9-12(10-8-11)17-19(14)18-20(15,16)13-5-3-2-4-6-13/h2-10H,1H3/p+1. The first kappa shape index (κ1) is 14.9. The third-order valence-corrected chi connectivity index (χ3v) is 5.19. The lowest BCUT2D eigenvalue weighted by Crippen LogP contribution is -2.04. The molecule has 0 bridgehead atoms. The van der Waals surface area contributed by atoms with Gasteiger partial charge >= 0.3 is 15.9 Å². The lowest BCUT2D eigenvalue weighted by molar-refractivity contribution is 0.363. The van der Waals surface area contributed by atoms with E-state index in [2.05, 4.69) is 4.31 Å². The van der Waals surface area contributed by atoms with Gasteiger partial charge in [0.15, 0.2) is 5.75 Å². The van der Waals surface area contributed by atoms with E-state index >= 15 is 0 Å². The van der Waals surface area contributed by atoms with Crippen molar-refractivity contribution in [1.82, 2.24) is 0 Å². The Morgan fingerprint density at radius 3 is 2.25 bits per heavy atom. The highest BCUT2D eigenvalue weighted by molar-refractivity contribution is 7.66. The second kappa shape index (κ2) is 6.29. The summed E-state index contributed by atoms with van der Waals surface area (Å²) in [7, 11) is -6.90. The van der Waals surface area contributed by atoms with Gasteiger partial charge < -0.3 is 4.89 Å². The van der Waals surface area contributed by atoms with E-state index in [0.29, 0.717) is 5.75 Å². The molecule has 1 N–H and O–H groups in total. The Bertz CT molecular complexity index is 640. The zero-order valence-corrected chi connectivity index (χ0v) is 12.5. The molecule has 2 atom stereocenters. The number of hydrogen-bond donors (Lipinski definition) is 1. The third-order valence-electron chi connectivity index (χ3n) is 2.46. The predicted octanol–water partition coefficient (Wildman–Crippen LogP) is 3.56. The topological polar surface area (TPSA) is 72.8 Å². The van der Waals surface area contributed by atoms with Crippen LogP contribution in [0, 0.1) is 6.92 Å².